The summed E-state index contributed by atoms with van der Waals surface area (Å²) in [5, 5.41) is 3.70. The molecule has 0 spiro atoms. The second-order valence-electron chi connectivity index (χ2n) is 4.19. The maximum absolute atomic E-state index is 3.70. The lowest BCUT2D eigenvalue weighted by Gasteiger charge is -2.38. The summed E-state index contributed by atoms with van der Waals surface area (Å²) in [6.07, 6.45) is 5.16. The highest BCUT2D eigenvalue weighted by atomic mass is 15.0. The molecule has 1 aromatic rings. The standard InChI is InChI=1S/C13H19N/c1-2-13(10-6-7-11-14-13)12-8-4-3-5-9-12/h3-5,8-9,14H,2,6-7,10-11H2,1H3. The molecular formula is C13H19N. The summed E-state index contributed by atoms with van der Waals surface area (Å²) < 4.78 is 0. The third kappa shape index (κ3) is 1.69. The monoisotopic (exact) mass is 189 g/mol. The number of rotatable bonds is 2. The van der Waals surface area contributed by atoms with Crippen LogP contribution in [0.25, 0.3) is 0 Å². The fourth-order valence-corrected chi connectivity index (χ4v) is 2.48. The highest BCUT2D eigenvalue weighted by Gasteiger charge is 2.30. The van der Waals surface area contributed by atoms with Crippen molar-refractivity contribution in [2.75, 3.05) is 6.54 Å². The molecule has 0 aromatic heterocycles. The maximum Gasteiger partial charge on any atom is 0.0432 e. The van der Waals surface area contributed by atoms with Gasteiger partial charge in [0.2, 0.25) is 0 Å². The molecule has 1 saturated heterocycles. The molecular weight excluding hydrogens is 170 g/mol. The predicted molar refractivity (Wildman–Crippen MR) is 60.3 cm³/mol. The van der Waals surface area contributed by atoms with Crippen molar-refractivity contribution in [3.63, 3.8) is 0 Å². The number of hydrogen-bond acceptors (Lipinski definition) is 1. The minimum atomic E-state index is 0.263. The van der Waals surface area contributed by atoms with E-state index in [0.29, 0.717) is 0 Å². The molecule has 1 atom stereocenters. The van der Waals surface area contributed by atoms with E-state index < -0.39 is 0 Å². The zero-order valence-corrected chi connectivity index (χ0v) is 8.92. The van der Waals surface area contributed by atoms with Gasteiger partial charge in [-0.1, -0.05) is 43.7 Å². The molecule has 2 rings (SSSR count). The minimum absolute atomic E-state index is 0.263. The first-order valence-electron chi connectivity index (χ1n) is 5.68. The fraction of sp³-hybridized carbons (Fsp3) is 0.538. The van der Waals surface area contributed by atoms with Gasteiger partial charge in [0.25, 0.3) is 0 Å². The Morgan fingerprint density at radius 3 is 2.57 bits per heavy atom. The van der Waals surface area contributed by atoms with Crippen molar-refractivity contribution in [2.24, 2.45) is 0 Å². The number of benzene rings is 1. The predicted octanol–water partition coefficient (Wildman–Crippen LogP) is 3.07. The van der Waals surface area contributed by atoms with Crippen LogP contribution in [0.1, 0.15) is 38.2 Å². The number of piperidine rings is 1. The first-order valence-corrected chi connectivity index (χ1v) is 5.68. The Labute approximate surface area is 86.5 Å². The minimum Gasteiger partial charge on any atom is -0.307 e. The van der Waals surface area contributed by atoms with Crippen molar-refractivity contribution in [1.29, 1.82) is 0 Å². The van der Waals surface area contributed by atoms with Crippen molar-refractivity contribution in [1.82, 2.24) is 5.32 Å². The van der Waals surface area contributed by atoms with Gasteiger partial charge >= 0.3 is 0 Å². The van der Waals surface area contributed by atoms with Crippen molar-refractivity contribution in [3.8, 4) is 0 Å². The summed E-state index contributed by atoms with van der Waals surface area (Å²) in [4.78, 5) is 0. The van der Waals surface area contributed by atoms with E-state index in [-0.39, 0.29) is 5.54 Å². The Bertz CT molecular complexity index is 273. The van der Waals surface area contributed by atoms with Crippen LogP contribution in [0.3, 0.4) is 0 Å². The van der Waals surface area contributed by atoms with Gasteiger partial charge in [-0.25, -0.2) is 0 Å². The molecule has 76 valence electrons. The van der Waals surface area contributed by atoms with Crippen LogP contribution in [0.15, 0.2) is 30.3 Å². The van der Waals surface area contributed by atoms with Crippen LogP contribution in [-0.2, 0) is 5.54 Å². The van der Waals surface area contributed by atoms with Crippen LogP contribution in [-0.4, -0.2) is 6.54 Å². The normalized spacial score (nSPS) is 27.5. The van der Waals surface area contributed by atoms with E-state index in [1.807, 2.05) is 0 Å². The van der Waals surface area contributed by atoms with Gasteiger partial charge < -0.3 is 5.32 Å². The second kappa shape index (κ2) is 4.14. The van der Waals surface area contributed by atoms with Crippen LogP contribution in [0.5, 0.6) is 0 Å². The smallest absolute Gasteiger partial charge is 0.0432 e. The summed E-state index contributed by atoms with van der Waals surface area (Å²) >= 11 is 0. The molecule has 1 heteroatoms. The molecule has 1 unspecified atom stereocenters. The van der Waals surface area contributed by atoms with Crippen LogP contribution >= 0.6 is 0 Å². The Hall–Kier alpha value is -0.820. The molecule has 0 radical (unpaired) electrons. The molecule has 1 aliphatic rings. The third-order valence-electron chi connectivity index (χ3n) is 3.42. The molecule has 14 heavy (non-hydrogen) atoms. The van der Waals surface area contributed by atoms with Gasteiger partial charge in [-0.05, 0) is 31.4 Å². The average molecular weight is 189 g/mol. The van der Waals surface area contributed by atoms with E-state index in [0.717, 1.165) is 0 Å². The van der Waals surface area contributed by atoms with Crippen molar-refractivity contribution < 1.29 is 0 Å². The molecule has 1 aromatic carbocycles. The molecule has 1 nitrogen and oxygen atoms in total. The van der Waals surface area contributed by atoms with Gasteiger partial charge in [-0.2, -0.15) is 0 Å². The fourth-order valence-electron chi connectivity index (χ4n) is 2.48. The zero-order chi connectivity index (χ0) is 9.86. The van der Waals surface area contributed by atoms with Crippen LogP contribution in [0.4, 0.5) is 0 Å². The molecule has 0 saturated carbocycles. The summed E-state index contributed by atoms with van der Waals surface area (Å²) in [6.45, 7) is 3.45. The largest absolute Gasteiger partial charge is 0.307 e. The van der Waals surface area contributed by atoms with E-state index in [1.165, 1.54) is 37.8 Å². The van der Waals surface area contributed by atoms with Crippen molar-refractivity contribution in [2.45, 2.75) is 38.1 Å². The van der Waals surface area contributed by atoms with Crippen molar-refractivity contribution >= 4 is 0 Å². The first kappa shape index (κ1) is 9.72. The Morgan fingerprint density at radius 2 is 2.00 bits per heavy atom. The van der Waals surface area contributed by atoms with Crippen LogP contribution in [0.2, 0.25) is 0 Å². The molecule has 1 N–H and O–H groups in total. The van der Waals surface area contributed by atoms with Gasteiger partial charge in [0, 0.05) is 5.54 Å². The van der Waals surface area contributed by atoms with E-state index in [2.05, 4.69) is 42.6 Å². The van der Waals surface area contributed by atoms with Crippen LogP contribution in [0, 0.1) is 0 Å². The molecule has 0 amide bonds. The zero-order valence-electron chi connectivity index (χ0n) is 8.92. The molecule has 0 bridgehead atoms. The summed E-state index contributed by atoms with van der Waals surface area (Å²) in [5.74, 6) is 0. The summed E-state index contributed by atoms with van der Waals surface area (Å²) in [5.41, 5.74) is 1.72. The van der Waals surface area contributed by atoms with Gasteiger partial charge in [0.1, 0.15) is 0 Å². The molecule has 1 aliphatic heterocycles. The van der Waals surface area contributed by atoms with E-state index >= 15 is 0 Å². The second-order valence-corrected chi connectivity index (χ2v) is 4.19. The van der Waals surface area contributed by atoms with Gasteiger partial charge in [0.05, 0.1) is 0 Å². The Kier molecular flexibility index (Phi) is 2.87. The van der Waals surface area contributed by atoms with Gasteiger partial charge in [-0.15, -0.1) is 0 Å². The lowest BCUT2D eigenvalue weighted by Crippen LogP contribution is -2.45. The van der Waals surface area contributed by atoms with E-state index in [4.69, 9.17) is 0 Å². The topological polar surface area (TPSA) is 12.0 Å². The van der Waals surface area contributed by atoms with Crippen molar-refractivity contribution in [3.05, 3.63) is 35.9 Å². The van der Waals surface area contributed by atoms with E-state index in [9.17, 15) is 0 Å². The van der Waals surface area contributed by atoms with E-state index in [1.54, 1.807) is 0 Å². The average Bonchev–Trinajstić information content (AvgIpc) is 2.31. The highest BCUT2D eigenvalue weighted by molar-refractivity contribution is 5.24. The number of nitrogens with one attached hydrogen (secondary N) is 1. The summed E-state index contributed by atoms with van der Waals surface area (Å²) in [7, 11) is 0. The number of hydrogen-bond donors (Lipinski definition) is 1. The van der Waals surface area contributed by atoms with Gasteiger partial charge in [0.15, 0.2) is 0 Å². The lowest BCUT2D eigenvalue weighted by atomic mass is 9.80. The SMILES string of the molecule is CCC1(c2ccccc2)CCCCN1. The quantitative estimate of drug-likeness (QED) is 0.754. The first-order chi connectivity index (χ1) is 6.87. The van der Waals surface area contributed by atoms with Gasteiger partial charge in [-0.3, -0.25) is 0 Å². The third-order valence-corrected chi connectivity index (χ3v) is 3.42. The molecule has 1 fully saturated rings. The molecule has 0 aliphatic carbocycles. The lowest BCUT2D eigenvalue weighted by molar-refractivity contribution is 0.248. The summed E-state index contributed by atoms with van der Waals surface area (Å²) in [6, 6.07) is 10.9. The molecule has 1 heterocycles. The highest BCUT2D eigenvalue weighted by Crippen LogP contribution is 2.32. The Morgan fingerprint density at radius 1 is 1.21 bits per heavy atom. The Balaban J connectivity index is 2.27. The maximum atomic E-state index is 3.70. The van der Waals surface area contributed by atoms with Crippen LogP contribution < -0.4 is 5.32 Å².